The molecule has 2 heterocycles. The summed E-state index contributed by atoms with van der Waals surface area (Å²) in [5.74, 6) is 0. The van der Waals surface area contributed by atoms with Crippen molar-refractivity contribution in [1.82, 2.24) is 10.3 Å². The van der Waals surface area contributed by atoms with E-state index in [0.29, 0.717) is 0 Å². The van der Waals surface area contributed by atoms with Crippen molar-refractivity contribution in [1.29, 1.82) is 0 Å². The van der Waals surface area contributed by atoms with E-state index < -0.39 is 0 Å². The Morgan fingerprint density at radius 3 is 2.57 bits per heavy atom. The topological polar surface area (TPSA) is 24.9 Å². The molecule has 1 aliphatic heterocycles. The lowest BCUT2D eigenvalue weighted by Crippen LogP contribution is -2.58. The Balaban J connectivity index is 1.72. The molecule has 0 atom stereocenters. The lowest BCUT2D eigenvalue weighted by atomic mass is 9.73. The Bertz CT molecular complexity index is 759. The van der Waals surface area contributed by atoms with E-state index in [-0.39, 0.29) is 5.41 Å². The summed E-state index contributed by atoms with van der Waals surface area (Å²) in [6, 6.07) is 16.5. The second-order valence-electron chi connectivity index (χ2n) is 5.62. The number of nitrogens with zero attached hydrogens (tertiary/aromatic N) is 1. The van der Waals surface area contributed by atoms with Gasteiger partial charge in [0.2, 0.25) is 0 Å². The predicted molar refractivity (Wildman–Crippen MR) is 89.3 cm³/mol. The minimum Gasteiger partial charge on any atom is -0.315 e. The fraction of sp³-hybridized carbons (Fsp3) is 0.235. The highest BCUT2D eigenvalue weighted by atomic mass is 35.5. The average Bonchev–Trinajstić information content (AvgIpc) is 2.86. The summed E-state index contributed by atoms with van der Waals surface area (Å²) in [6.45, 7) is 1.93. The Kier molecular flexibility index (Phi) is 3.21. The van der Waals surface area contributed by atoms with E-state index >= 15 is 0 Å². The second kappa shape index (κ2) is 5.09. The molecular formula is C17H15ClN2S. The maximum Gasteiger partial charge on any atom is 0.0948 e. The summed E-state index contributed by atoms with van der Waals surface area (Å²) >= 11 is 8.21. The van der Waals surface area contributed by atoms with Crippen molar-refractivity contribution < 1.29 is 0 Å². The van der Waals surface area contributed by atoms with Crippen LogP contribution in [0.2, 0.25) is 5.02 Å². The van der Waals surface area contributed by atoms with E-state index in [4.69, 9.17) is 16.6 Å². The number of thiazole rings is 1. The van der Waals surface area contributed by atoms with E-state index in [1.54, 1.807) is 11.3 Å². The minimum absolute atomic E-state index is 0.0895. The standard InChI is InChI=1S/C17H15ClN2S/c18-13-6-2-1-5-12(13)17(10-19-11-17)9-16-20-14-7-3-4-8-15(14)21-16/h1-8,19H,9-11H2. The Morgan fingerprint density at radius 1 is 1.10 bits per heavy atom. The fourth-order valence-electron chi connectivity index (χ4n) is 3.01. The number of aromatic nitrogens is 1. The lowest BCUT2D eigenvalue weighted by molar-refractivity contribution is 0.275. The summed E-state index contributed by atoms with van der Waals surface area (Å²) in [5.41, 5.74) is 2.43. The number of halogens is 1. The third kappa shape index (κ3) is 2.26. The van der Waals surface area contributed by atoms with Gasteiger partial charge in [-0.2, -0.15) is 0 Å². The van der Waals surface area contributed by atoms with Gasteiger partial charge in [-0.3, -0.25) is 0 Å². The Hall–Kier alpha value is -1.42. The van der Waals surface area contributed by atoms with E-state index in [1.807, 2.05) is 18.2 Å². The molecule has 1 N–H and O–H groups in total. The van der Waals surface area contributed by atoms with E-state index in [0.717, 1.165) is 30.0 Å². The maximum atomic E-state index is 6.42. The van der Waals surface area contributed by atoms with Crippen molar-refractivity contribution in [3.63, 3.8) is 0 Å². The first-order valence-electron chi connectivity index (χ1n) is 7.07. The number of rotatable bonds is 3. The van der Waals surface area contributed by atoms with E-state index in [9.17, 15) is 0 Å². The van der Waals surface area contributed by atoms with Crippen molar-refractivity contribution in [2.45, 2.75) is 11.8 Å². The first-order chi connectivity index (χ1) is 10.3. The SMILES string of the molecule is Clc1ccccc1C1(Cc2nc3ccccc3s2)CNC1. The maximum absolute atomic E-state index is 6.42. The van der Waals surface area contributed by atoms with Gasteiger partial charge < -0.3 is 5.32 Å². The van der Waals surface area contributed by atoms with Crippen molar-refractivity contribution in [2.75, 3.05) is 13.1 Å². The highest BCUT2D eigenvalue weighted by molar-refractivity contribution is 7.18. The fourth-order valence-corrected chi connectivity index (χ4v) is 4.46. The van der Waals surface area contributed by atoms with Gasteiger partial charge in [0.25, 0.3) is 0 Å². The third-order valence-corrected chi connectivity index (χ3v) is 5.57. The van der Waals surface area contributed by atoms with E-state index in [2.05, 4.69) is 35.6 Å². The van der Waals surface area contributed by atoms with Crippen molar-refractivity contribution in [3.8, 4) is 0 Å². The van der Waals surface area contributed by atoms with Crippen LogP contribution in [0.4, 0.5) is 0 Å². The summed E-state index contributed by atoms with van der Waals surface area (Å²) in [5, 5.41) is 5.45. The normalized spacial score (nSPS) is 16.8. The first-order valence-corrected chi connectivity index (χ1v) is 8.26. The van der Waals surface area contributed by atoms with Crippen LogP contribution >= 0.6 is 22.9 Å². The number of hydrogen-bond donors (Lipinski definition) is 1. The summed E-state index contributed by atoms with van der Waals surface area (Å²) in [4.78, 5) is 4.78. The molecule has 1 aromatic heterocycles. The van der Waals surface area contributed by atoms with Crippen LogP contribution in [0.1, 0.15) is 10.6 Å². The van der Waals surface area contributed by atoms with Gasteiger partial charge in [-0.05, 0) is 23.8 Å². The van der Waals surface area contributed by atoms with Crippen molar-refractivity contribution in [3.05, 3.63) is 64.1 Å². The van der Waals surface area contributed by atoms with Crippen molar-refractivity contribution >= 4 is 33.2 Å². The zero-order valence-electron chi connectivity index (χ0n) is 11.5. The van der Waals surface area contributed by atoms with Gasteiger partial charge in [0.05, 0.1) is 15.2 Å². The predicted octanol–water partition coefficient (Wildman–Crippen LogP) is 4.03. The molecule has 2 aromatic carbocycles. The van der Waals surface area contributed by atoms with E-state index in [1.165, 1.54) is 15.3 Å². The van der Waals surface area contributed by atoms with Gasteiger partial charge in [-0.1, -0.05) is 41.9 Å². The molecule has 0 saturated carbocycles. The van der Waals surface area contributed by atoms with Crippen LogP contribution in [0.3, 0.4) is 0 Å². The molecule has 21 heavy (non-hydrogen) atoms. The number of benzene rings is 2. The highest BCUT2D eigenvalue weighted by Crippen LogP contribution is 2.38. The van der Waals surface area contributed by atoms with Crippen LogP contribution in [0, 0.1) is 0 Å². The second-order valence-corrected chi connectivity index (χ2v) is 7.14. The van der Waals surface area contributed by atoms with Crippen LogP contribution in [0.15, 0.2) is 48.5 Å². The van der Waals surface area contributed by atoms with Gasteiger partial charge in [0.1, 0.15) is 0 Å². The minimum atomic E-state index is 0.0895. The highest BCUT2D eigenvalue weighted by Gasteiger charge is 2.40. The van der Waals surface area contributed by atoms with Gasteiger partial charge in [-0.25, -0.2) is 4.98 Å². The smallest absolute Gasteiger partial charge is 0.0948 e. The van der Waals surface area contributed by atoms with Crippen LogP contribution in [0.5, 0.6) is 0 Å². The van der Waals surface area contributed by atoms with Crippen LogP contribution < -0.4 is 5.32 Å². The average molecular weight is 315 g/mol. The summed E-state index contributed by atoms with van der Waals surface area (Å²) < 4.78 is 1.26. The molecule has 4 rings (SSSR count). The largest absolute Gasteiger partial charge is 0.315 e. The monoisotopic (exact) mass is 314 g/mol. The number of para-hydroxylation sites is 1. The molecule has 106 valence electrons. The Morgan fingerprint density at radius 2 is 1.86 bits per heavy atom. The molecule has 0 aliphatic carbocycles. The lowest BCUT2D eigenvalue weighted by Gasteiger charge is -2.43. The molecule has 0 spiro atoms. The molecule has 1 saturated heterocycles. The zero-order valence-corrected chi connectivity index (χ0v) is 13.0. The van der Waals surface area contributed by atoms with Gasteiger partial charge in [0, 0.05) is 29.9 Å². The summed E-state index contributed by atoms with van der Waals surface area (Å²) in [7, 11) is 0. The molecular weight excluding hydrogens is 300 g/mol. The number of hydrogen-bond acceptors (Lipinski definition) is 3. The first kappa shape index (κ1) is 13.3. The molecule has 4 heteroatoms. The zero-order chi connectivity index (χ0) is 14.3. The third-order valence-electron chi connectivity index (χ3n) is 4.20. The van der Waals surface area contributed by atoms with Gasteiger partial charge >= 0.3 is 0 Å². The molecule has 1 aliphatic rings. The molecule has 0 amide bonds. The number of nitrogens with one attached hydrogen (secondary N) is 1. The molecule has 1 fully saturated rings. The molecule has 3 aromatic rings. The quantitative estimate of drug-likeness (QED) is 0.789. The van der Waals surface area contributed by atoms with Gasteiger partial charge in [0.15, 0.2) is 0 Å². The molecule has 2 nitrogen and oxygen atoms in total. The van der Waals surface area contributed by atoms with Gasteiger partial charge in [-0.15, -0.1) is 11.3 Å². The number of fused-ring (bicyclic) bond motifs is 1. The van der Waals surface area contributed by atoms with Crippen molar-refractivity contribution in [2.24, 2.45) is 0 Å². The van der Waals surface area contributed by atoms with Crippen LogP contribution in [-0.4, -0.2) is 18.1 Å². The summed E-state index contributed by atoms with van der Waals surface area (Å²) in [6.07, 6.45) is 0.948. The molecule has 0 unspecified atom stereocenters. The van der Waals surface area contributed by atoms with Crippen LogP contribution in [-0.2, 0) is 11.8 Å². The Labute approximate surface area is 132 Å². The molecule has 0 radical (unpaired) electrons. The molecule has 0 bridgehead atoms. The van der Waals surface area contributed by atoms with Crippen LogP contribution in [0.25, 0.3) is 10.2 Å².